The Morgan fingerprint density at radius 1 is 1.07 bits per heavy atom. The molecule has 1 aliphatic rings. The summed E-state index contributed by atoms with van der Waals surface area (Å²) in [7, 11) is 3.16. The van der Waals surface area contributed by atoms with E-state index in [2.05, 4.69) is 5.32 Å². The largest absolute Gasteiger partial charge is 0.497 e. The zero-order chi connectivity index (χ0) is 20.8. The molecule has 3 rings (SSSR count). The van der Waals surface area contributed by atoms with Gasteiger partial charge in [0.25, 0.3) is 5.91 Å². The second-order valence-corrected chi connectivity index (χ2v) is 6.67. The van der Waals surface area contributed by atoms with Crippen LogP contribution in [0.5, 0.6) is 17.2 Å². The number of nitrogens with one attached hydrogen (secondary N) is 1. The first-order valence-corrected chi connectivity index (χ1v) is 9.55. The Hall–Kier alpha value is -3.28. The van der Waals surface area contributed by atoms with Crippen molar-refractivity contribution in [1.29, 1.82) is 0 Å². The first-order valence-electron chi connectivity index (χ1n) is 9.55. The summed E-state index contributed by atoms with van der Waals surface area (Å²) in [4.78, 5) is 24.5. The Morgan fingerprint density at radius 2 is 1.90 bits per heavy atom. The van der Waals surface area contributed by atoms with Gasteiger partial charge in [0.2, 0.25) is 0 Å². The fourth-order valence-corrected chi connectivity index (χ4v) is 3.30. The number of benzene rings is 2. The topological polar surface area (TPSA) is 73.9 Å². The molecule has 0 heterocycles. The Kier molecular flexibility index (Phi) is 6.54. The highest BCUT2D eigenvalue weighted by atomic mass is 16.5. The van der Waals surface area contributed by atoms with Crippen molar-refractivity contribution in [2.75, 3.05) is 27.4 Å². The molecule has 0 bridgehead atoms. The number of rotatable bonds is 7. The molecule has 0 radical (unpaired) electrons. The highest BCUT2D eigenvalue weighted by Gasteiger charge is 2.22. The van der Waals surface area contributed by atoms with Crippen LogP contribution >= 0.6 is 0 Å². The zero-order valence-electron chi connectivity index (χ0n) is 16.9. The number of amides is 1. The van der Waals surface area contributed by atoms with Gasteiger partial charge in [-0.05, 0) is 67.3 Å². The van der Waals surface area contributed by atoms with Crippen LogP contribution in [0.25, 0.3) is 6.08 Å². The van der Waals surface area contributed by atoms with Gasteiger partial charge in [0, 0.05) is 17.7 Å². The predicted molar refractivity (Wildman–Crippen MR) is 111 cm³/mol. The van der Waals surface area contributed by atoms with Crippen molar-refractivity contribution in [2.24, 2.45) is 0 Å². The number of Topliss-reactive ketones (excluding diaryl/α,β-unsaturated/α-hetero) is 1. The average molecular weight is 395 g/mol. The first kappa shape index (κ1) is 20.5. The number of allylic oxidation sites excluding steroid dienone is 1. The van der Waals surface area contributed by atoms with Crippen molar-refractivity contribution in [3.63, 3.8) is 0 Å². The second kappa shape index (κ2) is 9.28. The molecule has 6 heteroatoms. The molecule has 0 atom stereocenters. The fraction of sp³-hybridized carbons (Fsp3) is 0.304. The van der Waals surface area contributed by atoms with Crippen molar-refractivity contribution in [2.45, 2.75) is 19.8 Å². The summed E-state index contributed by atoms with van der Waals surface area (Å²) in [5.74, 6) is 1.59. The molecule has 0 saturated carbocycles. The maximum atomic E-state index is 12.9. The molecule has 1 aliphatic carbocycles. The van der Waals surface area contributed by atoms with Gasteiger partial charge >= 0.3 is 0 Å². The SMILES string of the molecule is CCNC(=O)COc1ccc(/C=C2/CCc3cc(OC)ccc3C2=O)cc1OC. The van der Waals surface area contributed by atoms with Crippen molar-refractivity contribution >= 4 is 17.8 Å². The Morgan fingerprint density at radius 3 is 2.62 bits per heavy atom. The van der Waals surface area contributed by atoms with E-state index in [0.717, 1.165) is 34.4 Å². The number of carbonyl (C=O) groups excluding carboxylic acids is 2. The number of ether oxygens (including phenoxy) is 3. The number of methoxy groups -OCH3 is 2. The third kappa shape index (κ3) is 4.77. The normalized spacial score (nSPS) is 14.3. The molecule has 1 N–H and O–H groups in total. The van der Waals surface area contributed by atoms with Crippen LogP contribution in [0.4, 0.5) is 0 Å². The lowest BCUT2D eigenvalue weighted by atomic mass is 9.86. The lowest BCUT2D eigenvalue weighted by Gasteiger charge is -2.18. The second-order valence-electron chi connectivity index (χ2n) is 6.67. The number of aryl methyl sites for hydroxylation is 1. The number of hydrogen-bond donors (Lipinski definition) is 1. The van der Waals surface area contributed by atoms with Gasteiger partial charge in [-0.25, -0.2) is 0 Å². The number of hydrogen-bond acceptors (Lipinski definition) is 5. The van der Waals surface area contributed by atoms with Crippen molar-refractivity contribution < 1.29 is 23.8 Å². The Balaban J connectivity index is 1.79. The molecule has 0 saturated heterocycles. The van der Waals surface area contributed by atoms with Crippen LogP contribution in [-0.4, -0.2) is 39.1 Å². The minimum atomic E-state index is -0.191. The summed E-state index contributed by atoms with van der Waals surface area (Å²) in [6.45, 7) is 2.32. The summed E-state index contributed by atoms with van der Waals surface area (Å²) in [5.41, 5.74) is 3.32. The van der Waals surface area contributed by atoms with Crippen LogP contribution in [0, 0.1) is 0 Å². The maximum Gasteiger partial charge on any atom is 0.257 e. The van der Waals surface area contributed by atoms with E-state index < -0.39 is 0 Å². The molecule has 152 valence electrons. The summed E-state index contributed by atoms with van der Waals surface area (Å²) in [6, 6.07) is 11.0. The van der Waals surface area contributed by atoms with E-state index in [4.69, 9.17) is 14.2 Å². The van der Waals surface area contributed by atoms with Gasteiger partial charge < -0.3 is 19.5 Å². The van der Waals surface area contributed by atoms with Crippen LogP contribution in [0.1, 0.15) is 34.8 Å². The number of fused-ring (bicyclic) bond motifs is 1. The van der Waals surface area contributed by atoms with E-state index in [0.29, 0.717) is 24.5 Å². The van der Waals surface area contributed by atoms with E-state index in [-0.39, 0.29) is 18.3 Å². The first-order chi connectivity index (χ1) is 14.0. The predicted octanol–water partition coefficient (Wildman–Crippen LogP) is 3.43. The van der Waals surface area contributed by atoms with Gasteiger partial charge in [0.1, 0.15) is 5.75 Å². The van der Waals surface area contributed by atoms with Crippen molar-refractivity contribution in [1.82, 2.24) is 5.32 Å². The van der Waals surface area contributed by atoms with E-state index in [1.165, 1.54) is 0 Å². The van der Waals surface area contributed by atoms with Gasteiger partial charge in [0.15, 0.2) is 23.9 Å². The van der Waals surface area contributed by atoms with Crippen LogP contribution in [-0.2, 0) is 11.2 Å². The fourth-order valence-electron chi connectivity index (χ4n) is 3.30. The van der Waals surface area contributed by atoms with E-state index >= 15 is 0 Å². The molecule has 29 heavy (non-hydrogen) atoms. The van der Waals surface area contributed by atoms with Gasteiger partial charge in [0.05, 0.1) is 14.2 Å². The number of likely N-dealkylation sites (N-methyl/N-ethyl adjacent to an activating group) is 1. The van der Waals surface area contributed by atoms with Gasteiger partial charge in [-0.1, -0.05) is 6.07 Å². The molecule has 0 aliphatic heterocycles. The maximum absolute atomic E-state index is 12.9. The lowest BCUT2D eigenvalue weighted by molar-refractivity contribution is -0.123. The average Bonchev–Trinajstić information content (AvgIpc) is 2.74. The smallest absolute Gasteiger partial charge is 0.257 e. The molecule has 2 aromatic carbocycles. The molecule has 6 nitrogen and oxygen atoms in total. The minimum absolute atomic E-state index is 0.0319. The molecule has 1 amide bonds. The molecule has 2 aromatic rings. The highest BCUT2D eigenvalue weighted by Crippen LogP contribution is 2.32. The molecular weight excluding hydrogens is 370 g/mol. The summed E-state index contributed by atoms with van der Waals surface area (Å²) < 4.78 is 16.2. The van der Waals surface area contributed by atoms with E-state index in [1.54, 1.807) is 26.4 Å². The van der Waals surface area contributed by atoms with Crippen LogP contribution in [0.3, 0.4) is 0 Å². The van der Waals surface area contributed by atoms with Gasteiger partial charge in [-0.2, -0.15) is 0 Å². The standard InChI is InChI=1S/C23H25NO5/c1-4-24-22(25)14-29-20-10-5-15(12-21(20)28-3)11-17-7-6-16-13-18(27-2)8-9-19(16)23(17)26/h5,8-13H,4,6-7,14H2,1-3H3,(H,24,25)/b17-11-. The Labute approximate surface area is 170 Å². The summed E-state index contributed by atoms with van der Waals surface area (Å²) >= 11 is 0. The third-order valence-electron chi connectivity index (χ3n) is 4.77. The number of ketones is 1. The van der Waals surface area contributed by atoms with Crippen molar-refractivity contribution in [3.8, 4) is 17.2 Å². The molecule has 0 fully saturated rings. The summed E-state index contributed by atoms with van der Waals surface area (Å²) in [6.07, 6.45) is 3.33. The molecule has 0 spiro atoms. The quantitative estimate of drug-likeness (QED) is 0.727. The molecular formula is C23H25NO5. The van der Waals surface area contributed by atoms with E-state index in [1.807, 2.05) is 37.3 Å². The Bertz CT molecular complexity index is 948. The lowest BCUT2D eigenvalue weighted by Crippen LogP contribution is -2.28. The van der Waals surface area contributed by atoms with Crippen LogP contribution in [0.2, 0.25) is 0 Å². The highest BCUT2D eigenvalue weighted by molar-refractivity contribution is 6.13. The molecule has 0 unspecified atom stereocenters. The monoisotopic (exact) mass is 395 g/mol. The van der Waals surface area contributed by atoms with Gasteiger partial charge in [-0.3, -0.25) is 9.59 Å². The molecule has 0 aromatic heterocycles. The van der Waals surface area contributed by atoms with Gasteiger partial charge in [-0.15, -0.1) is 0 Å². The van der Waals surface area contributed by atoms with Crippen LogP contribution < -0.4 is 19.5 Å². The van der Waals surface area contributed by atoms with Crippen LogP contribution in [0.15, 0.2) is 42.0 Å². The minimum Gasteiger partial charge on any atom is -0.497 e. The number of carbonyl (C=O) groups is 2. The third-order valence-corrected chi connectivity index (χ3v) is 4.77. The van der Waals surface area contributed by atoms with Crippen molar-refractivity contribution in [3.05, 3.63) is 58.7 Å². The summed E-state index contributed by atoms with van der Waals surface area (Å²) in [5, 5.41) is 2.68. The van der Waals surface area contributed by atoms with E-state index in [9.17, 15) is 9.59 Å². The zero-order valence-corrected chi connectivity index (χ0v) is 16.9.